The van der Waals surface area contributed by atoms with Gasteiger partial charge in [-0.15, -0.1) is 0 Å². The summed E-state index contributed by atoms with van der Waals surface area (Å²) < 4.78 is 0. The monoisotopic (exact) mass is 296 g/mol. The Kier molecular flexibility index (Phi) is 4.37. The molecule has 1 saturated heterocycles. The number of nitrogens with zero attached hydrogens (tertiary/aromatic N) is 1. The summed E-state index contributed by atoms with van der Waals surface area (Å²) in [6.45, 7) is 1.63. The first-order valence-electron chi connectivity index (χ1n) is 7.83. The van der Waals surface area contributed by atoms with Crippen molar-refractivity contribution in [2.75, 3.05) is 13.1 Å². The highest BCUT2D eigenvalue weighted by molar-refractivity contribution is 5.92. The van der Waals surface area contributed by atoms with Crippen LogP contribution in [0.15, 0.2) is 41.2 Å². The third-order valence-electron chi connectivity index (χ3n) is 4.11. The lowest BCUT2D eigenvalue weighted by atomic mass is 10.1. The van der Waals surface area contributed by atoms with E-state index >= 15 is 0 Å². The molecule has 0 bridgehead atoms. The molecule has 0 spiro atoms. The van der Waals surface area contributed by atoms with Gasteiger partial charge in [0.2, 0.25) is 5.91 Å². The molecule has 0 unspecified atom stereocenters. The van der Waals surface area contributed by atoms with Crippen LogP contribution >= 0.6 is 0 Å². The molecule has 114 valence electrons. The zero-order valence-electron chi connectivity index (χ0n) is 12.5. The van der Waals surface area contributed by atoms with Crippen molar-refractivity contribution in [2.45, 2.75) is 25.7 Å². The molecule has 0 radical (unpaired) electrons. The molecule has 1 amide bonds. The van der Waals surface area contributed by atoms with E-state index in [0.717, 1.165) is 36.8 Å². The fraction of sp³-hybridized carbons (Fsp3) is 0.333. The van der Waals surface area contributed by atoms with Crippen LogP contribution in [0, 0.1) is 0 Å². The minimum Gasteiger partial charge on any atom is -0.339 e. The van der Waals surface area contributed by atoms with Gasteiger partial charge in [-0.3, -0.25) is 9.59 Å². The molecule has 1 aliphatic rings. The van der Waals surface area contributed by atoms with E-state index in [2.05, 4.69) is 4.98 Å². The summed E-state index contributed by atoms with van der Waals surface area (Å²) in [5.74, 6) is -0.00513. The number of benzene rings is 1. The number of rotatable bonds is 2. The van der Waals surface area contributed by atoms with Gasteiger partial charge in [-0.05, 0) is 36.4 Å². The zero-order valence-corrected chi connectivity index (χ0v) is 12.5. The summed E-state index contributed by atoms with van der Waals surface area (Å²) in [5, 5.41) is 0.962. The number of hydrogen-bond acceptors (Lipinski definition) is 2. The molecule has 4 heteroatoms. The van der Waals surface area contributed by atoms with Crippen LogP contribution < -0.4 is 5.56 Å². The molecule has 1 aromatic heterocycles. The van der Waals surface area contributed by atoms with Crippen molar-refractivity contribution < 1.29 is 4.79 Å². The van der Waals surface area contributed by atoms with Crippen LogP contribution in [-0.2, 0) is 4.79 Å². The Morgan fingerprint density at radius 2 is 1.82 bits per heavy atom. The average Bonchev–Trinajstić information content (AvgIpc) is 2.82. The second-order valence-electron chi connectivity index (χ2n) is 5.71. The lowest BCUT2D eigenvalue weighted by Crippen LogP contribution is -2.30. The molecule has 0 atom stereocenters. The smallest absolute Gasteiger partial charge is 0.255 e. The second-order valence-corrected chi connectivity index (χ2v) is 5.71. The number of carbonyl (C=O) groups excluding carboxylic acids is 1. The van der Waals surface area contributed by atoms with Gasteiger partial charge in [0.15, 0.2) is 0 Å². The maximum Gasteiger partial charge on any atom is 0.255 e. The van der Waals surface area contributed by atoms with Crippen molar-refractivity contribution in [3.8, 4) is 0 Å². The SMILES string of the molecule is O=C(/C=C/c1cc2ccccc2[nH]c1=O)N1CCCCCC1. The Labute approximate surface area is 129 Å². The Balaban J connectivity index is 1.81. The van der Waals surface area contributed by atoms with Gasteiger partial charge in [-0.1, -0.05) is 31.0 Å². The second kappa shape index (κ2) is 6.60. The summed E-state index contributed by atoms with van der Waals surface area (Å²) in [6, 6.07) is 9.44. The zero-order chi connectivity index (χ0) is 15.4. The molecule has 1 fully saturated rings. The first-order valence-corrected chi connectivity index (χ1v) is 7.83. The van der Waals surface area contributed by atoms with Gasteiger partial charge in [0.05, 0.1) is 0 Å². The highest BCUT2D eigenvalue weighted by Crippen LogP contribution is 2.12. The third-order valence-corrected chi connectivity index (χ3v) is 4.11. The molecule has 1 aliphatic heterocycles. The number of hydrogen-bond donors (Lipinski definition) is 1. The number of para-hydroxylation sites is 1. The lowest BCUT2D eigenvalue weighted by molar-refractivity contribution is -0.125. The number of amides is 1. The molecule has 0 aliphatic carbocycles. The standard InChI is InChI=1S/C18H20N2O2/c21-17(20-11-5-1-2-6-12-20)10-9-15-13-14-7-3-4-8-16(14)19-18(15)22/h3-4,7-10,13H,1-2,5-6,11-12H2,(H,19,22)/b10-9+. The van der Waals surface area contributed by atoms with Crippen LogP contribution in [0.5, 0.6) is 0 Å². The molecule has 2 heterocycles. The molecule has 4 nitrogen and oxygen atoms in total. The number of aromatic amines is 1. The molecule has 0 saturated carbocycles. The lowest BCUT2D eigenvalue weighted by Gasteiger charge is -2.17. The van der Waals surface area contributed by atoms with Crippen LogP contribution in [0.2, 0.25) is 0 Å². The maximum atomic E-state index is 12.2. The number of pyridine rings is 1. The van der Waals surface area contributed by atoms with E-state index in [1.165, 1.54) is 18.9 Å². The predicted molar refractivity (Wildman–Crippen MR) is 88.7 cm³/mol. The first kappa shape index (κ1) is 14.6. The Bertz CT molecular complexity index is 753. The van der Waals surface area contributed by atoms with Crippen molar-refractivity contribution in [3.63, 3.8) is 0 Å². The van der Waals surface area contributed by atoms with Gasteiger partial charge in [-0.25, -0.2) is 0 Å². The molecular weight excluding hydrogens is 276 g/mol. The summed E-state index contributed by atoms with van der Waals surface area (Å²) >= 11 is 0. The van der Waals surface area contributed by atoms with Crippen LogP contribution in [0.25, 0.3) is 17.0 Å². The van der Waals surface area contributed by atoms with E-state index in [1.54, 1.807) is 6.08 Å². The minimum absolute atomic E-state index is 0.00513. The van der Waals surface area contributed by atoms with E-state index in [0.29, 0.717) is 5.56 Å². The first-order chi connectivity index (χ1) is 10.7. The van der Waals surface area contributed by atoms with Crippen LogP contribution in [-0.4, -0.2) is 28.9 Å². The van der Waals surface area contributed by atoms with Crippen molar-refractivity contribution in [1.29, 1.82) is 0 Å². The quantitative estimate of drug-likeness (QED) is 0.866. The van der Waals surface area contributed by atoms with Crippen molar-refractivity contribution in [2.24, 2.45) is 0 Å². The van der Waals surface area contributed by atoms with E-state index in [1.807, 2.05) is 35.2 Å². The highest BCUT2D eigenvalue weighted by atomic mass is 16.2. The van der Waals surface area contributed by atoms with Crippen molar-refractivity contribution in [3.05, 3.63) is 52.3 Å². The largest absolute Gasteiger partial charge is 0.339 e. The number of fused-ring (bicyclic) bond motifs is 1. The molecule has 1 aromatic carbocycles. The topological polar surface area (TPSA) is 53.2 Å². The Morgan fingerprint density at radius 1 is 1.09 bits per heavy atom. The van der Waals surface area contributed by atoms with Gasteiger partial charge >= 0.3 is 0 Å². The maximum absolute atomic E-state index is 12.2. The van der Waals surface area contributed by atoms with E-state index in [9.17, 15) is 9.59 Å². The normalized spacial score (nSPS) is 16.1. The molecule has 22 heavy (non-hydrogen) atoms. The van der Waals surface area contributed by atoms with E-state index in [4.69, 9.17) is 0 Å². The summed E-state index contributed by atoms with van der Waals surface area (Å²) in [7, 11) is 0. The van der Waals surface area contributed by atoms with Gasteiger partial charge in [-0.2, -0.15) is 0 Å². The van der Waals surface area contributed by atoms with Crippen molar-refractivity contribution in [1.82, 2.24) is 9.88 Å². The summed E-state index contributed by atoms with van der Waals surface area (Å²) in [6.07, 6.45) is 7.66. The molecule has 3 rings (SSSR count). The fourth-order valence-electron chi connectivity index (χ4n) is 2.85. The van der Waals surface area contributed by atoms with Crippen LogP contribution in [0.3, 0.4) is 0 Å². The van der Waals surface area contributed by atoms with Gasteiger partial charge in [0, 0.05) is 30.2 Å². The van der Waals surface area contributed by atoms with E-state index in [-0.39, 0.29) is 11.5 Å². The minimum atomic E-state index is -0.168. The average molecular weight is 296 g/mol. The van der Waals surface area contributed by atoms with E-state index < -0.39 is 0 Å². The summed E-state index contributed by atoms with van der Waals surface area (Å²) in [5.41, 5.74) is 1.16. The third kappa shape index (κ3) is 3.27. The number of H-pyrrole nitrogens is 1. The predicted octanol–water partition coefficient (Wildman–Crippen LogP) is 2.94. The number of nitrogens with one attached hydrogen (secondary N) is 1. The fourth-order valence-corrected chi connectivity index (χ4v) is 2.85. The highest BCUT2D eigenvalue weighted by Gasteiger charge is 2.12. The molecular formula is C18H20N2O2. The summed E-state index contributed by atoms with van der Waals surface area (Å²) in [4.78, 5) is 29.0. The number of carbonyl (C=O) groups is 1. The number of likely N-dealkylation sites (tertiary alicyclic amines) is 1. The van der Waals surface area contributed by atoms with Crippen LogP contribution in [0.1, 0.15) is 31.2 Å². The Morgan fingerprint density at radius 3 is 2.59 bits per heavy atom. The Hall–Kier alpha value is -2.36. The van der Waals surface area contributed by atoms with Crippen molar-refractivity contribution >= 4 is 22.9 Å². The number of aromatic nitrogens is 1. The van der Waals surface area contributed by atoms with Gasteiger partial charge in [0.1, 0.15) is 0 Å². The molecule has 1 N–H and O–H groups in total. The molecule has 2 aromatic rings. The van der Waals surface area contributed by atoms with Crippen LogP contribution in [0.4, 0.5) is 0 Å². The van der Waals surface area contributed by atoms with Gasteiger partial charge in [0.25, 0.3) is 5.56 Å². The van der Waals surface area contributed by atoms with Gasteiger partial charge < -0.3 is 9.88 Å².